The number of nitrogens with zero attached hydrogens (tertiary/aromatic N) is 2. The third-order valence-corrected chi connectivity index (χ3v) is 4.75. The average Bonchev–Trinajstić information content (AvgIpc) is 2.81. The monoisotopic (exact) mass is 341 g/mol. The van der Waals surface area contributed by atoms with E-state index in [9.17, 15) is 0 Å². The van der Waals surface area contributed by atoms with Crippen LogP contribution in [0.3, 0.4) is 0 Å². The van der Waals surface area contributed by atoms with E-state index in [0.29, 0.717) is 18.4 Å². The molecule has 0 amide bonds. The summed E-state index contributed by atoms with van der Waals surface area (Å²) in [4.78, 5) is 8.75. The predicted octanol–water partition coefficient (Wildman–Crippen LogP) is 2.40. The Labute approximate surface area is 149 Å². The normalized spacial score (nSPS) is 18.2. The van der Waals surface area contributed by atoms with Crippen LogP contribution in [0.5, 0.6) is 6.01 Å². The Bertz CT molecular complexity index is 722. The largest absolute Gasteiger partial charge is 0.500 e. The van der Waals surface area contributed by atoms with Crippen LogP contribution in [0.4, 0.5) is 5.82 Å². The first-order valence-electron chi connectivity index (χ1n) is 8.39. The van der Waals surface area contributed by atoms with Crippen molar-refractivity contribution in [2.45, 2.75) is 45.5 Å². The van der Waals surface area contributed by atoms with Crippen molar-refractivity contribution in [3.63, 3.8) is 0 Å². The fourth-order valence-electron chi connectivity index (χ4n) is 2.51. The molecule has 0 radical (unpaired) electrons. The number of rotatable bonds is 5. The maximum atomic E-state index is 6.08. The molecule has 132 valence electrons. The zero-order chi connectivity index (χ0) is 18.1. The van der Waals surface area contributed by atoms with Crippen molar-refractivity contribution in [1.82, 2.24) is 9.97 Å². The van der Waals surface area contributed by atoms with E-state index in [4.69, 9.17) is 14.0 Å². The van der Waals surface area contributed by atoms with Crippen LogP contribution in [0.2, 0.25) is 0 Å². The van der Waals surface area contributed by atoms with Gasteiger partial charge in [-0.05, 0) is 33.3 Å². The molecule has 0 aliphatic carbocycles. The van der Waals surface area contributed by atoms with E-state index in [-0.39, 0.29) is 0 Å². The number of benzene rings is 1. The first-order valence-corrected chi connectivity index (χ1v) is 8.39. The van der Waals surface area contributed by atoms with Crippen molar-refractivity contribution >= 4 is 18.4 Å². The molecule has 3 rings (SSSR count). The van der Waals surface area contributed by atoms with Crippen LogP contribution in [0, 0.1) is 0 Å². The van der Waals surface area contributed by atoms with Crippen LogP contribution >= 0.6 is 0 Å². The van der Waals surface area contributed by atoms with Crippen molar-refractivity contribution in [3.05, 3.63) is 42.1 Å². The Kier molecular flexibility index (Phi) is 4.71. The number of ether oxygens (including phenoxy) is 1. The molecule has 25 heavy (non-hydrogen) atoms. The summed E-state index contributed by atoms with van der Waals surface area (Å²) >= 11 is 0. The fraction of sp³-hybridized carbons (Fsp3) is 0.444. The lowest BCUT2D eigenvalue weighted by Gasteiger charge is -2.32. The van der Waals surface area contributed by atoms with Crippen LogP contribution in [0.15, 0.2) is 36.5 Å². The Hall–Kier alpha value is -2.12. The third kappa shape index (κ3) is 3.62. The Morgan fingerprint density at radius 1 is 1.08 bits per heavy atom. The smallest absolute Gasteiger partial charge is 0.459 e. The fourth-order valence-corrected chi connectivity index (χ4v) is 2.51. The van der Waals surface area contributed by atoms with Crippen molar-refractivity contribution in [3.8, 4) is 6.01 Å². The highest BCUT2D eigenvalue weighted by Gasteiger charge is 2.52. The minimum atomic E-state index is -0.518. The van der Waals surface area contributed by atoms with Crippen molar-refractivity contribution < 1.29 is 14.0 Å². The molecule has 1 aliphatic heterocycles. The van der Waals surface area contributed by atoms with Crippen molar-refractivity contribution in [1.29, 1.82) is 0 Å². The molecule has 1 aromatic carbocycles. The van der Waals surface area contributed by atoms with E-state index < -0.39 is 18.3 Å². The molecule has 0 atom stereocenters. The molecule has 1 saturated heterocycles. The van der Waals surface area contributed by atoms with Crippen LogP contribution in [-0.4, -0.2) is 35.3 Å². The molecule has 2 aromatic rings. The summed E-state index contributed by atoms with van der Waals surface area (Å²) in [6, 6.07) is 10.2. The minimum Gasteiger partial charge on any atom is -0.459 e. The topological polar surface area (TPSA) is 65.5 Å². The molecule has 0 saturated carbocycles. The summed E-state index contributed by atoms with van der Waals surface area (Å²) in [6.45, 7) is 8.49. The van der Waals surface area contributed by atoms with Gasteiger partial charge in [-0.1, -0.05) is 30.3 Å². The van der Waals surface area contributed by atoms with Crippen molar-refractivity contribution in [2.75, 3.05) is 12.4 Å². The van der Waals surface area contributed by atoms with Gasteiger partial charge >= 0.3 is 13.1 Å². The Morgan fingerprint density at radius 2 is 1.72 bits per heavy atom. The van der Waals surface area contributed by atoms with Gasteiger partial charge in [-0.15, -0.1) is 0 Å². The van der Waals surface area contributed by atoms with Crippen LogP contribution in [0.25, 0.3) is 0 Å². The van der Waals surface area contributed by atoms with Gasteiger partial charge in [0.2, 0.25) is 0 Å². The molecule has 7 heteroatoms. The van der Waals surface area contributed by atoms with E-state index in [2.05, 4.69) is 15.3 Å². The standard InChI is InChI=1S/C18H24BN3O3/c1-17(2)18(3,4)25-19(24-17)14-11-21-16(22-15(14)20-5)23-12-13-9-7-6-8-10-13/h6-11H,12H2,1-5H3,(H,20,21,22). The van der Waals surface area contributed by atoms with E-state index in [1.54, 1.807) is 13.2 Å². The maximum absolute atomic E-state index is 6.08. The predicted molar refractivity (Wildman–Crippen MR) is 98.1 cm³/mol. The zero-order valence-electron chi connectivity index (χ0n) is 15.4. The maximum Gasteiger partial charge on any atom is 0.500 e. The van der Waals surface area contributed by atoms with Gasteiger partial charge < -0.3 is 19.4 Å². The van der Waals surface area contributed by atoms with Gasteiger partial charge in [0, 0.05) is 18.7 Å². The number of hydrogen-bond donors (Lipinski definition) is 1. The molecule has 1 aliphatic rings. The highest BCUT2D eigenvalue weighted by Crippen LogP contribution is 2.36. The Balaban J connectivity index is 1.76. The van der Waals surface area contributed by atoms with Gasteiger partial charge in [0.25, 0.3) is 0 Å². The lowest BCUT2D eigenvalue weighted by molar-refractivity contribution is 0.00578. The number of nitrogens with one attached hydrogen (secondary N) is 1. The molecule has 0 bridgehead atoms. The molecule has 1 aromatic heterocycles. The van der Waals surface area contributed by atoms with Crippen LogP contribution in [-0.2, 0) is 15.9 Å². The minimum absolute atomic E-state index is 0.313. The second-order valence-corrected chi connectivity index (χ2v) is 7.07. The van der Waals surface area contributed by atoms with Crippen LogP contribution < -0.4 is 15.5 Å². The molecule has 1 fully saturated rings. The van der Waals surface area contributed by atoms with Crippen LogP contribution in [0.1, 0.15) is 33.3 Å². The third-order valence-electron chi connectivity index (χ3n) is 4.75. The van der Waals surface area contributed by atoms with Gasteiger partial charge in [0.15, 0.2) is 0 Å². The zero-order valence-corrected chi connectivity index (χ0v) is 15.4. The molecule has 0 spiro atoms. The summed E-state index contributed by atoms with van der Waals surface area (Å²) in [7, 11) is 1.29. The number of anilines is 1. The van der Waals surface area contributed by atoms with Gasteiger partial charge in [-0.25, -0.2) is 4.98 Å². The van der Waals surface area contributed by atoms with Gasteiger partial charge in [-0.3, -0.25) is 0 Å². The molecular weight excluding hydrogens is 317 g/mol. The summed E-state index contributed by atoms with van der Waals surface area (Å²) in [5, 5.41) is 3.07. The van der Waals surface area contributed by atoms with Crippen molar-refractivity contribution in [2.24, 2.45) is 0 Å². The Morgan fingerprint density at radius 3 is 2.32 bits per heavy atom. The first-order chi connectivity index (χ1) is 11.8. The SMILES string of the molecule is CNc1nc(OCc2ccccc2)ncc1B1OC(C)(C)C(C)(C)O1. The van der Waals surface area contributed by atoms with Gasteiger partial charge in [-0.2, -0.15) is 4.98 Å². The second-order valence-electron chi connectivity index (χ2n) is 7.07. The highest BCUT2D eigenvalue weighted by molar-refractivity contribution is 6.63. The highest BCUT2D eigenvalue weighted by atomic mass is 16.7. The summed E-state index contributed by atoms with van der Waals surface area (Å²) in [5.41, 5.74) is 0.997. The average molecular weight is 341 g/mol. The quantitative estimate of drug-likeness (QED) is 0.843. The molecule has 6 nitrogen and oxygen atoms in total. The second kappa shape index (κ2) is 6.65. The lowest BCUT2D eigenvalue weighted by atomic mass is 9.80. The number of aromatic nitrogens is 2. The summed E-state index contributed by atoms with van der Waals surface area (Å²) in [5.74, 6) is 0.636. The van der Waals surface area contributed by atoms with E-state index in [1.807, 2.05) is 58.0 Å². The molecular formula is C18H24BN3O3. The molecule has 0 unspecified atom stereocenters. The van der Waals surface area contributed by atoms with Gasteiger partial charge in [0.05, 0.1) is 11.2 Å². The molecule has 1 N–H and O–H groups in total. The van der Waals surface area contributed by atoms with E-state index >= 15 is 0 Å². The molecule has 2 heterocycles. The summed E-state index contributed by atoms with van der Waals surface area (Å²) < 4.78 is 17.8. The number of hydrogen-bond acceptors (Lipinski definition) is 6. The van der Waals surface area contributed by atoms with E-state index in [1.165, 1.54) is 0 Å². The first kappa shape index (κ1) is 17.7. The van der Waals surface area contributed by atoms with Gasteiger partial charge in [0.1, 0.15) is 12.4 Å². The lowest BCUT2D eigenvalue weighted by Crippen LogP contribution is -2.41. The van der Waals surface area contributed by atoms with E-state index in [0.717, 1.165) is 11.0 Å². The summed E-state index contributed by atoms with van der Waals surface area (Å²) in [6.07, 6.45) is 1.70.